The summed E-state index contributed by atoms with van der Waals surface area (Å²) in [6, 6.07) is 0.339. The fourth-order valence-corrected chi connectivity index (χ4v) is 1.95. The smallest absolute Gasteiger partial charge is 0.0853 e. The lowest BCUT2D eigenvalue weighted by molar-refractivity contribution is -0.112. The van der Waals surface area contributed by atoms with Gasteiger partial charge in [0.05, 0.1) is 18.2 Å². The molecule has 0 heterocycles. The summed E-state index contributed by atoms with van der Waals surface area (Å²) >= 11 is 0. The highest BCUT2D eigenvalue weighted by Gasteiger charge is 2.43. The molecule has 0 aliphatic heterocycles. The van der Waals surface area contributed by atoms with Gasteiger partial charge in [-0.15, -0.1) is 0 Å². The SMILES string of the molecule is CCOCC(NC)C1(OC)CCC1. The first-order valence-corrected chi connectivity index (χ1v) is 5.09. The van der Waals surface area contributed by atoms with E-state index in [0.717, 1.165) is 26.1 Å². The molecule has 1 saturated carbocycles. The predicted octanol–water partition coefficient (Wildman–Crippen LogP) is 1.18. The molecule has 1 aliphatic carbocycles. The minimum atomic E-state index is 0.0456. The van der Waals surface area contributed by atoms with Crippen LogP contribution in [0.2, 0.25) is 0 Å². The quantitative estimate of drug-likeness (QED) is 0.677. The maximum absolute atomic E-state index is 5.58. The van der Waals surface area contributed by atoms with Gasteiger partial charge in [-0.05, 0) is 33.2 Å². The van der Waals surface area contributed by atoms with Crippen LogP contribution in [0.1, 0.15) is 26.2 Å². The standard InChI is InChI=1S/C10H21NO2/c1-4-13-8-9(11-2)10(12-3)6-5-7-10/h9,11H,4-8H2,1-3H3. The van der Waals surface area contributed by atoms with E-state index < -0.39 is 0 Å². The number of likely N-dealkylation sites (N-methyl/N-ethyl adjacent to an activating group) is 1. The summed E-state index contributed by atoms with van der Waals surface area (Å²) in [5.41, 5.74) is 0.0456. The summed E-state index contributed by atoms with van der Waals surface area (Å²) in [6.45, 7) is 3.55. The third kappa shape index (κ3) is 2.22. The number of methoxy groups -OCH3 is 1. The zero-order chi connectivity index (χ0) is 9.73. The number of rotatable bonds is 6. The van der Waals surface area contributed by atoms with Gasteiger partial charge in [0.15, 0.2) is 0 Å². The Bertz CT molecular complexity index is 140. The Balaban J connectivity index is 2.43. The van der Waals surface area contributed by atoms with Crippen molar-refractivity contribution in [2.45, 2.75) is 37.8 Å². The molecular weight excluding hydrogens is 166 g/mol. The molecule has 1 N–H and O–H groups in total. The molecule has 0 bridgehead atoms. The van der Waals surface area contributed by atoms with Crippen LogP contribution >= 0.6 is 0 Å². The van der Waals surface area contributed by atoms with Crippen LogP contribution in [0.15, 0.2) is 0 Å². The van der Waals surface area contributed by atoms with E-state index in [9.17, 15) is 0 Å². The number of ether oxygens (including phenoxy) is 2. The number of nitrogens with one attached hydrogen (secondary N) is 1. The van der Waals surface area contributed by atoms with E-state index in [1.165, 1.54) is 6.42 Å². The molecule has 1 rings (SSSR count). The fourth-order valence-electron chi connectivity index (χ4n) is 1.95. The third-order valence-corrected chi connectivity index (χ3v) is 3.08. The van der Waals surface area contributed by atoms with E-state index >= 15 is 0 Å². The van der Waals surface area contributed by atoms with Crippen LogP contribution in [0, 0.1) is 0 Å². The van der Waals surface area contributed by atoms with E-state index in [2.05, 4.69) is 5.32 Å². The van der Waals surface area contributed by atoms with Crippen LogP contribution < -0.4 is 5.32 Å². The molecule has 13 heavy (non-hydrogen) atoms. The van der Waals surface area contributed by atoms with Gasteiger partial charge in [0.25, 0.3) is 0 Å². The highest BCUT2D eigenvalue weighted by molar-refractivity contribution is 4.99. The lowest BCUT2D eigenvalue weighted by Crippen LogP contribution is -2.57. The first kappa shape index (κ1) is 11.0. The Morgan fingerprint density at radius 2 is 2.15 bits per heavy atom. The summed E-state index contributed by atoms with van der Waals surface area (Å²) in [5.74, 6) is 0. The number of hydrogen-bond acceptors (Lipinski definition) is 3. The average molecular weight is 187 g/mol. The van der Waals surface area contributed by atoms with Gasteiger partial charge in [-0.2, -0.15) is 0 Å². The van der Waals surface area contributed by atoms with Gasteiger partial charge < -0.3 is 14.8 Å². The van der Waals surface area contributed by atoms with Crippen molar-refractivity contribution in [2.24, 2.45) is 0 Å². The molecular formula is C10H21NO2. The molecule has 0 aromatic carbocycles. The van der Waals surface area contributed by atoms with Gasteiger partial charge in [-0.3, -0.25) is 0 Å². The van der Waals surface area contributed by atoms with Crippen molar-refractivity contribution in [3.63, 3.8) is 0 Å². The van der Waals surface area contributed by atoms with Crippen molar-refractivity contribution in [2.75, 3.05) is 27.4 Å². The van der Waals surface area contributed by atoms with E-state index in [0.29, 0.717) is 6.04 Å². The molecule has 0 aromatic heterocycles. The van der Waals surface area contributed by atoms with E-state index in [1.54, 1.807) is 7.11 Å². The van der Waals surface area contributed by atoms with E-state index in [1.807, 2.05) is 14.0 Å². The second kappa shape index (κ2) is 4.94. The normalized spacial score (nSPS) is 22.4. The van der Waals surface area contributed by atoms with Gasteiger partial charge in [-0.1, -0.05) is 0 Å². The second-order valence-corrected chi connectivity index (χ2v) is 3.62. The molecule has 3 heteroatoms. The van der Waals surface area contributed by atoms with Crippen LogP contribution in [0.3, 0.4) is 0 Å². The largest absolute Gasteiger partial charge is 0.380 e. The molecule has 1 aliphatic rings. The lowest BCUT2D eigenvalue weighted by Gasteiger charge is -2.46. The Kier molecular flexibility index (Phi) is 4.16. The Morgan fingerprint density at radius 1 is 1.46 bits per heavy atom. The Labute approximate surface area is 80.8 Å². The summed E-state index contributed by atoms with van der Waals surface area (Å²) in [4.78, 5) is 0. The highest BCUT2D eigenvalue weighted by Crippen LogP contribution is 2.38. The maximum atomic E-state index is 5.58. The molecule has 1 fully saturated rings. The van der Waals surface area contributed by atoms with Crippen molar-refractivity contribution in [1.29, 1.82) is 0 Å². The van der Waals surface area contributed by atoms with Crippen molar-refractivity contribution < 1.29 is 9.47 Å². The fraction of sp³-hybridized carbons (Fsp3) is 1.00. The first-order chi connectivity index (χ1) is 6.29. The Hall–Kier alpha value is -0.120. The molecule has 0 radical (unpaired) electrons. The average Bonchev–Trinajstić information content (AvgIpc) is 2.09. The van der Waals surface area contributed by atoms with E-state index in [4.69, 9.17) is 9.47 Å². The third-order valence-electron chi connectivity index (χ3n) is 3.08. The zero-order valence-corrected chi connectivity index (χ0v) is 8.93. The topological polar surface area (TPSA) is 30.5 Å². The van der Waals surface area contributed by atoms with Crippen LogP contribution in [0.5, 0.6) is 0 Å². The first-order valence-electron chi connectivity index (χ1n) is 5.09. The van der Waals surface area contributed by atoms with Gasteiger partial charge >= 0.3 is 0 Å². The molecule has 1 unspecified atom stereocenters. The summed E-state index contributed by atoms with van der Waals surface area (Å²) in [6.07, 6.45) is 3.59. The van der Waals surface area contributed by atoms with Crippen molar-refractivity contribution in [3.05, 3.63) is 0 Å². The van der Waals surface area contributed by atoms with Crippen LogP contribution in [-0.2, 0) is 9.47 Å². The molecule has 0 saturated heterocycles. The minimum absolute atomic E-state index is 0.0456. The number of hydrogen-bond donors (Lipinski definition) is 1. The maximum Gasteiger partial charge on any atom is 0.0853 e. The Morgan fingerprint density at radius 3 is 2.46 bits per heavy atom. The summed E-state index contributed by atoms with van der Waals surface area (Å²) in [5, 5.41) is 3.28. The monoisotopic (exact) mass is 187 g/mol. The van der Waals surface area contributed by atoms with Gasteiger partial charge in [0, 0.05) is 13.7 Å². The highest BCUT2D eigenvalue weighted by atomic mass is 16.5. The molecule has 78 valence electrons. The van der Waals surface area contributed by atoms with Gasteiger partial charge in [0.1, 0.15) is 0 Å². The van der Waals surface area contributed by atoms with Crippen LogP contribution in [-0.4, -0.2) is 39.0 Å². The lowest BCUT2D eigenvalue weighted by atomic mass is 9.74. The minimum Gasteiger partial charge on any atom is -0.380 e. The van der Waals surface area contributed by atoms with Crippen molar-refractivity contribution in [1.82, 2.24) is 5.32 Å². The van der Waals surface area contributed by atoms with Gasteiger partial charge in [-0.25, -0.2) is 0 Å². The molecule has 0 aromatic rings. The summed E-state index contributed by atoms with van der Waals surface area (Å²) in [7, 11) is 3.78. The van der Waals surface area contributed by atoms with E-state index in [-0.39, 0.29) is 5.60 Å². The second-order valence-electron chi connectivity index (χ2n) is 3.62. The van der Waals surface area contributed by atoms with Crippen LogP contribution in [0.25, 0.3) is 0 Å². The summed E-state index contributed by atoms with van der Waals surface area (Å²) < 4.78 is 11.0. The zero-order valence-electron chi connectivity index (χ0n) is 8.93. The molecule has 0 amide bonds. The predicted molar refractivity (Wildman–Crippen MR) is 52.9 cm³/mol. The van der Waals surface area contributed by atoms with Gasteiger partial charge in [0.2, 0.25) is 0 Å². The van der Waals surface area contributed by atoms with Crippen molar-refractivity contribution in [3.8, 4) is 0 Å². The van der Waals surface area contributed by atoms with Crippen LogP contribution in [0.4, 0.5) is 0 Å². The van der Waals surface area contributed by atoms with Crippen molar-refractivity contribution >= 4 is 0 Å². The molecule has 1 atom stereocenters. The molecule has 0 spiro atoms. The molecule has 3 nitrogen and oxygen atoms in total.